The molecule has 9 nitrogen and oxygen atoms in total. The van der Waals surface area contributed by atoms with Crippen LogP contribution in [0.25, 0.3) is 22.5 Å². The van der Waals surface area contributed by atoms with Crippen molar-refractivity contribution in [3.8, 4) is 11.5 Å². The van der Waals surface area contributed by atoms with Crippen LogP contribution in [0.15, 0.2) is 15.8 Å². The van der Waals surface area contributed by atoms with Crippen molar-refractivity contribution >= 4 is 26.6 Å². The van der Waals surface area contributed by atoms with E-state index < -0.39 is 15.1 Å². The molecule has 0 aliphatic heterocycles. The molecule has 3 aromatic heterocycles. The third-order valence-corrected chi connectivity index (χ3v) is 5.94. The van der Waals surface area contributed by atoms with Crippen LogP contribution >= 0.6 is 0 Å². The van der Waals surface area contributed by atoms with E-state index in [0.717, 1.165) is 41.5 Å². The van der Waals surface area contributed by atoms with Crippen molar-refractivity contribution in [3.63, 3.8) is 0 Å². The molecule has 1 aliphatic rings. The third-order valence-electron chi connectivity index (χ3n) is 5.14. The Hall–Kier alpha value is -2.49. The lowest BCUT2D eigenvalue weighted by atomic mass is 9.95. The fraction of sp³-hybridized carbons (Fsp3) is 0.556. The summed E-state index contributed by atoms with van der Waals surface area (Å²) in [5.74, 6) is 0.136. The summed E-state index contributed by atoms with van der Waals surface area (Å²) in [6, 6.07) is 0.333. The van der Waals surface area contributed by atoms with Gasteiger partial charge < -0.3 is 9.73 Å². The number of nitrogens with zero attached hydrogens (tertiary/aromatic N) is 5. The molecule has 150 valence electrons. The minimum Gasteiger partial charge on any atom is -0.408 e. The summed E-state index contributed by atoms with van der Waals surface area (Å²) >= 11 is 0. The average molecular weight is 404 g/mol. The summed E-state index contributed by atoms with van der Waals surface area (Å²) in [5.41, 5.74) is 3.06. The van der Waals surface area contributed by atoms with Gasteiger partial charge in [0, 0.05) is 25.0 Å². The number of nitrogens with one attached hydrogen (secondary N) is 1. The van der Waals surface area contributed by atoms with Crippen molar-refractivity contribution < 1.29 is 12.8 Å². The van der Waals surface area contributed by atoms with Gasteiger partial charge in [0.1, 0.15) is 0 Å². The molecule has 3 heterocycles. The highest BCUT2D eigenvalue weighted by Gasteiger charge is 2.25. The van der Waals surface area contributed by atoms with Gasteiger partial charge in [-0.25, -0.2) is 18.1 Å². The molecule has 0 amide bonds. The van der Waals surface area contributed by atoms with Crippen molar-refractivity contribution in [1.29, 1.82) is 0 Å². The Morgan fingerprint density at radius 1 is 1.25 bits per heavy atom. The van der Waals surface area contributed by atoms with Crippen LogP contribution in [0.1, 0.15) is 44.7 Å². The van der Waals surface area contributed by atoms with Crippen LogP contribution in [0.3, 0.4) is 0 Å². The Balaban J connectivity index is 1.88. The summed E-state index contributed by atoms with van der Waals surface area (Å²) in [4.78, 5) is 4.56. The first-order valence-corrected chi connectivity index (χ1v) is 11.4. The second-order valence-electron chi connectivity index (χ2n) is 7.27. The van der Waals surface area contributed by atoms with Crippen LogP contribution in [0.4, 0.5) is 5.69 Å². The SMILES string of the molecule is CCn1nc(C)c2c(NC3CCCCC3)c(-c3nnc(S(C)(=O)=O)o3)cnc21. The molecule has 10 heteroatoms. The van der Waals surface area contributed by atoms with E-state index in [1.165, 1.54) is 19.3 Å². The number of fused-ring (bicyclic) bond motifs is 1. The first-order chi connectivity index (χ1) is 13.4. The molecule has 0 bridgehead atoms. The quantitative estimate of drug-likeness (QED) is 0.690. The minimum absolute atomic E-state index is 0.136. The number of aryl methyl sites for hydroxylation is 2. The molecular formula is C18H24N6O3S. The van der Waals surface area contributed by atoms with Gasteiger partial charge in [-0.3, -0.25) is 0 Å². The fourth-order valence-corrected chi connectivity index (χ4v) is 4.19. The van der Waals surface area contributed by atoms with E-state index in [1.54, 1.807) is 6.20 Å². The van der Waals surface area contributed by atoms with Gasteiger partial charge in [-0.05, 0) is 26.7 Å². The lowest BCUT2D eigenvalue weighted by Gasteiger charge is -2.25. The third kappa shape index (κ3) is 3.36. The Kier molecular flexibility index (Phi) is 4.82. The van der Waals surface area contributed by atoms with Gasteiger partial charge in [0.05, 0.1) is 22.3 Å². The van der Waals surface area contributed by atoms with Crippen LogP contribution in [0.5, 0.6) is 0 Å². The van der Waals surface area contributed by atoms with Crippen LogP contribution in [-0.4, -0.2) is 45.7 Å². The number of pyridine rings is 1. The van der Waals surface area contributed by atoms with Gasteiger partial charge in [-0.1, -0.05) is 24.4 Å². The Morgan fingerprint density at radius 3 is 2.64 bits per heavy atom. The first-order valence-electron chi connectivity index (χ1n) is 9.55. The minimum atomic E-state index is -3.58. The maximum absolute atomic E-state index is 11.7. The van der Waals surface area contributed by atoms with Crippen molar-refractivity contribution in [2.75, 3.05) is 11.6 Å². The molecule has 0 atom stereocenters. The van der Waals surface area contributed by atoms with Crippen molar-refractivity contribution in [2.24, 2.45) is 0 Å². The van der Waals surface area contributed by atoms with Gasteiger partial charge in [0.2, 0.25) is 9.84 Å². The molecule has 0 unspecified atom stereocenters. The van der Waals surface area contributed by atoms with Gasteiger partial charge in [0.15, 0.2) is 5.65 Å². The molecule has 28 heavy (non-hydrogen) atoms. The number of hydrogen-bond acceptors (Lipinski definition) is 8. The van der Waals surface area contributed by atoms with E-state index in [4.69, 9.17) is 4.42 Å². The van der Waals surface area contributed by atoms with Crippen molar-refractivity contribution in [1.82, 2.24) is 25.0 Å². The van der Waals surface area contributed by atoms with Crippen LogP contribution in [0, 0.1) is 6.92 Å². The summed E-state index contributed by atoms with van der Waals surface area (Å²) in [6.45, 7) is 4.67. The number of hydrogen-bond donors (Lipinski definition) is 1. The number of anilines is 1. The summed E-state index contributed by atoms with van der Waals surface area (Å²) in [7, 11) is -3.58. The predicted octanol–water partition coefficient (Wildman–Crippen LogP) is 2.96. The molecule has 1 aliphatic carbocycles. The maximum atomic E-state index is 11.7. The molecular weight excluding hydrogens is 380 g/mol. The molecule has 4 rings (SSSR count). The zero-order valence-corrected chi connectivity index (χ0v) is 17.1. The lowest BCUT2D eigenvalue weighted by Crippen LogP contribution is -2.23. The molecule has 3 aromatic rings. The van der Waals surface area contributed by atoms with E-state index >= 15 is 0 Å². The number of rotatable bonds is 5. The smallest absolute Gasteiger partial charge is 0.335 e. The summed E-state index contributed by atoms with van der Waals surface area (Å²) in [6.07, 6.45) is 8.50. The van der Waals surface area contributed by atoms with E-state index in [0.29, 0.717) is 18.2 Å². The van der Waals surface area contributed by atoms with Crippen LogP contribution < -0.4 is 5.32 Å². The van der Waals surface area contributed by atoms with Gasteiger partial charge in [-0.2, -0.15) is 5.10 Å². The highest BCUT2D eigenvalue weighted by Crippen LogP contribution is 2.37. The van der Waals surface area contributed by atoms with Crippen LogP contribution in [0.2, 0.25) is 0 Å². The van der Waals surface area contributed by atoms with Crippen molar-refractivity contribution in [3.05, 3.63) is 11.9 Å². The second kappa shape index (κ2) is 7.16. The van der Waals surface area contributed by atoms with Crippen molar-refractivity contribution in [2.45, 2.75) is 63.8 Å². The van der Waals surface area contributed by atoms with Crippen LogP contribution in [-0.2, 0) is 16.4 Å². The van der Waals surface area contributed by atoms with Gasteiger partial charge in [0.25, 0.3) is 5.89 Å². The molecule has 0 radical (unpaired) electrons. The Labute approximate surface area is 163 Å². The highest BCUT2D eigenvalue weighted by molar-refractivity contribution is 7.90. The van der Waals surface area contributed by atoms with E-state index in [2.05, 4.69) is 25.6 Å². The Bertz CT molecular complexity index is 1110. The Morgan fingerprint density at radius 2 is 2.00 bits per heavy atom. The molecule has 1 N–H and O–H groups in total. The first kappa shape index (κ1) is 18.9. The zero-order valence-electron chi connectivity index (χ0n) is 16.3. The topological polar surface area (TPSA) is 116 Å². The number of sulfone groups is 1. The average Bonchev–Trinajstić information content (AvgIpc) is 3.28. The molecule has 0 aromatic carbocycles. The number of aromatic nitrogens is 5. The summed E-state index contributed by atoms with van der Waals surface area (Å²) in [5, 5.41) is 16.4. The van der Waals surface area contributed by atoms with E-state index in [-0.39, 0.29) is 5.89 Å². The highest BCUT2D eigenvalue weighted by atomic mass is 32.2. The van der Waals surface area contributed by atoms with Gasteiger partial charge >= 0.3 is 5.22 Å². The maximum Gasteiger partial charge on any atom is 0.335 e. The second-order valence-corrected chi connectivity index (χ2v) is 9.16. The molecule has 0 spiro atoms. The van der Waals surface area contributed by atoms with E-state index in [1.807, 2.05) is 18.5 Å². The largest absolute Gasteiger partial charge is 0.408 e. The molecule has 1 fully saturated rings. The standard InChI is InChI=1S/C18H24N6O3S/c1-4-24-16-14(11(2)23-24)15(20-12-8-6-5-7-9-12)13(10-19-16)17-21-22-18(27-17)28(3,25)26/h10,12H,4-9H2,1-3H3,(H,19,20). The monoisotopic (exact) mass is 404 g/mol. The van der Waals surface area contributed by atoms with E-state index in [9.17, 15) is 8.42 Å². The van der Waals surface area contributed by atoms with Gasteiger partial charge in [-0.15, -0.1) is 5.10 Å². The molecule has 0 saturated heterocycles. The molecule has 1 saturated carbocycles. The normalized spacial score (nSPS) is 16.0. The summed E-state index contributed by atoms with van der Waals surface area (Å²) < 4.78 is 30.8. The zero-order chi connectivity index (χ0) is 19.9. The predicted molar refractivity (Wildman–Crippen MR) is 105 cm³/mol. The lowest BCUT2D eigenvalue weighted by molar-refractivity contribution is 0.441. The fourth-order valence-electron chi connectivity index (χ4n) is 3.77.